The maximum Gasteiger partial charge on any atom is 0.124 e. The van der Waals surface area contributed by atoms with Gasteiger partial charge in [-0.05, 0) is 6.07 Å². The van der Waals surface area contributed by atoms with Crippen LogP contribution in [0.5, 0.6) is 11.5 Å². The molecule has 0 aromatic heterocycles. The van der Waals surface area contributed by atoms with Crippen LogP contribution in [0.25, 0.3) is 0 Å². The van der Waals surface area contributed by atoms with Gasteiger partial charge in [-0.3, -0.25) is 0 Å². The standard InChI is InChI=1S/C10H12N2O2/c1-14-7-2-3-8(10(13)6-7)9(12)4-5-11/h2-3,6,9,13H,4,12H2,1H3. The predicted octanol–water partition coefficient (Wildman–Crippen LogP) is 1.31. The van der Waals surface area contributed by atoms with Crippen molar-refractivity contribution < 1.29 is 9.84 Å². The molecule has 4 nitrogen and oxygen atoms in total. The van der Waals surface area contributed by atoms with Crippen LogP contribution in [0.4, 0.5) is 0 Å². The lowest BCUT2D eigenvalue weighted by molar-refractivity contribution is 0.405. The first-order valence-electron chi connectivity index (χ1n) is 4.18. The molecule has 14 heavy (non-hydrogen) atoms. The summed E-state index contributed by atoms with van der Waals surface area (Å²) >= 11 is 0. The second-order valence-corrected chi connectivity index (χ2v) is 2.89. The summed E-state index contributed by atoms with van der Waals surface area (Å²) in [6.45, 7) is 0. The Morgan fingerprint density at radius 3 is 2.86 bits per heavy atom. The number of phenolic OH excluding ortho intramolecular Hbond substituents is 1. The SMILES string of the molecule is COc1ccc(C(N)CC#N)c(O)c1. The molecule has 0 heterocycles. The van der Waals surface area contributed by atoms with Crippen LogP contribution in [-0.4, -0.2) is 12.2 Å². The van der Waals surface area contributed by atoms with Gasteiger partial charge in [-0.2, -0.15) is 5.26 Å². The van der Waals surface area contributed by atoms with Crippen LogP contribution >= 0.6 is 0 Å². The summed E-state index contributed by atoms with van der Waals surface area (Å²) in [4.78, 5) is 0. The van der Waals surface area contributed by atoms with Crippen LogP contribution < -0.4 is 10.5 Å². The van der Waals surface area contributed by atoms with Gasteiger partial charge in [-0.15, -0.1) is 0 Å². The summed E-state index contributed by atoms with van der Waals surface area (Å²) in [7, 11) is 1.52. The number of nitrogens with zero attached hydrogens (tertiary/aromatic N) is 1. The minimum Gasteiger partial charge on any atom is -0.507 e. The van der Waals surface area contributed by atoms with E-state index in [0.29, 0.717) is 11.3 Å². The second-order valence-electron chi connectivity index (χ2n) is 2.89. The van der Waals surface area contributed by atoms with Crippen molar-refractivity contribution in [3.05, 3.63) is 23.8 Å². The van der Waals surface area contributed by atoms with Gasteiger partial charge in [0.25, 0.3) is 0 Å². The molecular formula is C10H12N2O2. The highest BCUT2D eigenvalue weighted by molar-refractivity contribution is 5.41. The van der Waals surface area contributed by atoms with Crippen molar-refractivity contribution in [2.45, 2.75) is 12.5 Å². The first-order chi connectivity index (χ1) is 6.69. The third kappa shape index (κ3) is 2.15. The van der Waals surface area contributed by atoms with Gasteiger partial charge in [0.05, 0.1) is 19.6 Å². The zero-order valence-electron chi connectivity index (χ0n) is 7.90. The second kappa shape index (κ2) is 4.49. The van der Waals surface area contributed by atoms with E-state index in [1.165, 1.54) is 13.2 Å². The monoisotopic (exact) mass is 192 g/mol. The van der Waals surface area contributed by atoms with Crippen molar-refractivity contribution in [2.24, 2.45) is 5.73 Å². The van der Waals surface area contributed by atoms with Crippen molar-refractivity contribution in [3.63, 3.8) is 0 Å². The number of phenols is 1. The highest BCUT2D eigenvalue weighted by Crippen LogP contribution is 2.28. The van der Waals surface area contributed by atoms with Crippen molar-refractivity contribution in [1.82, 2.24) is 0 Å². The van der Waals surface area contributed by atoms with Gasteiger partial charge in [0.2, 0.25) is 0 Å². The number of hydrogen-bond acceptors (Lipinski definition) is 4. The van der Waals surface area contributed by atoms with Gasteiger partial charge < -0.3 is 15.6 Å². The fourth-order valence-corrected chi connectivity index (χ4v) is 1.17. The maximum absolute atomic E-state index is 9.55. The van der Waals surface area contributed by atoms with E-state index in [4.69, 9.17) is 15.7 Å². The van der Waals surface area contributed by atoms with E-state index in [1.807, 2.05) is 6.07 Å². The zero-order chi connectivity index (χ0) is 10.6. The number of aromatic hydroxyl groups is 1. The van der Waals surface area contributed by atoms with Crippen molar-refractivity contribution >= 4 is 0 Å². The van der Waals surface area contributed by atoms with Crippen molar-refractivity contribution in [3.8, 4) is 17.6 Å². The number of hydrogen-bond donors (Lipinski definition) is 2. The molecule has 0 aliphatic rings. The number of rotatable bonds is 3. The van der Waals surface area contributed by atoms with E-state index >= 15 is 0 Å². The largest absolute Gasteiger partial charge is 0.507 e. The summed E-state index contributed by atoms with van der Waals surface area (Å²) in [6, 6.07) is 6.34. The Kier molecular flexibility index (Phi) is 3.32. The van der Waals surface area contributed by atoms with Gasteiger partial charge in [0.1, 0.15) is 11.5 Å². The quantitative estimate of drug-likeness (QED) is 0.756. The topological polar surface area (TPSA) is 79.3 Å². The molecule has 0 saturated carbocycles. The molecule has 0 radical (unpaired) electrons. The van der Waals surface area contributed by atoms with E-state index in [0.717, 1.165) is 0 Å². The molecule has 0 spiro atoms. The van der Waals surface area contributed by atoms with Crippen LogP contribution in [-0.2, 0) is 0 Å². The van der Waals surface area contributed by atoms with Gasteiger partial charge in [0, 0.05) is 17.7 Å². The smallest absolute Gasteiger partial charge is 0.124 e. The molecule has 1 rings (SSSR count). The summed E-state index contributed by atoms with van der Waals surface area (Å²) < 4.78 is 4.92. The molecule has 3 N–H and O–H groups in total. The van der Waals surface area contributed by atoms with Crippen molar-refractivity contribution in [2.75, 3.05) is 7.11 Å². The molecule has 74 valence electrons. The van der Waals surface area contributed by atoms with E-state index in [-0.39, 0.29) is 12.2 Å². The van der Waals surface area contributed by atoms with E-state index in [1.54, 1.807) is 12.1 Å². The van der Waals surface area contributed by atoms with Crippen LogP contribution in [0, 0.1) is 11.3 Å². The molecule has 0 bridgehead atoms. The lowest BCUT2D eigenvalue weighted by Gasteiger charge is -2.10. The molecule has 0 aliphatic heterocycles. The first-order valence-corrected chi connectivity index (χ1v) is 4.18. The average molecular weight is 192 g/mol. The highest BCUT2D eigenvalue weighted by Gasteiger charge is 2.10. The molecule has 4 heteroatoms. The summed E-state index contributed by atoms with van der Waals surface area (Å²) in [5, 5.41) is 18.0. The molecule has 0 saturated heterocycles. The van der Waals surface area contributed by atoms with Gasteiger partial charge in [0.15, 0.2) is 0 Å². The maximum atomic E-state index is 9.55. The van der Waals surface area contributed by atoms with Gasteiger partial charge in [-0.25, -0.2) is 0 Å². The number of nitrogens with two attached hydrogens (primary N) is 1. The number of methoxy groups -OCH3 is 1. The minimum absolute atomic E-state index is 0.0621. The highest BCUT2D eigenvalue weighted by atomic mass is 16.5. The normalized spacial score (nSPS) is 11.8. The van der Waals surface area contributed by atoms with Gasteiger partial charge in [-0.1, -0.05) is 6.07 Å². The van der Waals surface area contributed by atoms with E-state index < -0.39 is 6.04 Å². The minimum atomic E-state index is -0.453. The Labute approximate surface area is 82.5 Å². The third-order valence-corrected chi connectivity index (χ3v) is 1.95. The zero-order valence-corrected chi connectivity index (χ0v) is 7.90. The number of benzene rings is 1. The van der Waals surface area contributed by atoms with Crippen LogP contribution in [0.3, 0.4) is 0 Å². The summed E-state index contributed by atoms with van der Waals surface area (Å²) in [6.07, 6.45) is 0.180. The third-order valence-electron chi connectivity index (χ3n) is 1.95. The summed E-state index contributed by atoms with van der Waals surface area (Å²) in [5.74, 6) is 0.627. The molecule has 0 amide bonds. The molecular weight excluding hydrogens is 180 g/mol. The molecule has 0 fully saturated rings. The van der Waals surface area contributed by atoms with E-state index in [2.05, 4.69) is 0 Å². The Bertz CT molecular complexity index is 358. The molecule has 0 aliphatic carbocycles. The first kappa shape index (κ1) is 10.4. The van der Waals surface area contributed by atoms with E-state index in [9.17, 15) is 5.11 Å². The summed E-state index contributed by atoms with van der Waals surface area (Å²) in [5.41, 5.74) is 6.24. The molecule has 1 atom stereocenters. The lowest BCUT2D eigenvalue weighted by atomic mass is 10.0. The number of ether oxygens (including phenoxy) is 1. The Morgan fingerprint density at radius 1 is 1.64 bits per heavy atom. The number of nitriles is 1. The predicted molar refractivity (Wildman–Crippen MR) is 51.8 cm³/mol. The fraction of sp³-hybridized carbons (Fsp3) is 0.300. The van der Waals surface area contributed by atoms with Crippen molar-refractivity contribution in [1.29, 1.82) is 5.26 Å². The van der Waals surface area contributed by atoms with Crippen LogP contribution in [0.1, 0.15) is 18.0 Å². The molecule has 1 unspecified atom stereocenters. The Balaban J connectivity index is 2.94. The Morgan fingerprint density at radius 2 is 2.36 bits per heavy atom. The molecule has 1 aromatic carbocycles. The fourth-order valence-electron chi connectivity index (χ4n) is 1.17. The average Bonchev–Trinajstić information content (AvgIpc) is 2.17. The lowest BCUT2D eigenvalue weighted by Crippen LogP contribution is -2.09. The Hall–Kier alpha value is -1.73. The van der Waals surface area contributed by atoms with Crippen LogP contribution in [0.15, 0.2) is 18.2 Å². The van der Waals surface area contributed by atoms with Crippen LogP contribution in [0.2, 0.25) is 0 Å². The van der Waals surface area contributed by atoms with Gasteiger partial charge >= 0.3 is 0 Å². The molecule has 1 aromatic rings.